The Morgan fingerprint density at radius 1 is 1.50 bits per heavy atom. The second-order valence-electron chi connectivity index (χ2n) is 4.03. The number of hydrogen-bond donors (Lipinski definition) is 1. The molecule has 1 aromatic rings. The van der Waals surface area contributed by atoms with Crippen molar-refractivity contribution in [3.63, 3.8) is 0 Å². The summed E-state index contributed by atoms with van der Waals surface area (Å²) in [6.07, 6.45) is 2.50. The Morgan fingerprint density at radius 3 is 2.75 bits per heavy atom. The maximum Gasteiger partial charge on any atom is 0.252 e. The number of rotatable bonds is 5. The van der Waals surface area contributed by atoms with Gasteiger partial charge < -0.3 is 10.1 Å². The fraction of sp³-hybridized carbons (Fsp3) is 0.500. The van der Waals surface area contributed by atoms with Gasteiger partial charge in [-0.05, 0) is 18.4 Å². The minimum Gasteiger partial charge on any atom is -0.481 e. The lowest BCUT2D eigenvalue weighted by Crippen LogP contribution is -2.25. The van der Waals surface area contributed by atoms with Crippen LogP contribution in [0, 0.1) is 5.92 Å². The highest BCUT2D eigenvalue weighted by atomic mass is 16.5. The number of carbonyl (C=O) groups is 1. The van der Waals surface area contributed by atoms with E-state index in [1.165, 1.54) is 6.20 Å². The SMILES string of the molecule is COc1ccc(C(=O)NCCC(C)C)cn1. The fourth-order valence-corrected chi connectivity index (χ4v) is 1.21. The van der Waals surface area contributed by atoms with Crippen molar-refractivity contribution in [2.75, 3.05) is 13.7 Å². The van der Waals surface area contributed by atoms with Gasteiger partial charge in [0.05, 0.1) is 12.7 Å². The second kappa shape index (κ2) is 6.10. The molecule has 1 aromatic heterocycles. The molecule has 0 fully saturated rings. The van der Waals surface area contributed by atoms with Gasteiger partial charge in [-0.15, -0.1) is 0 Å². The zero-order chi connectivity index (χ0) is 12.0. The molecule has 88 valence electrons. The maximum atomic E-state index is 11.6. The van der Waals surface area contributed by atoms with Gasteiger partial charge in [0.15, 0.2) is 0 Å². The summed E-state index contributed by atoms with van der Waals surface area (Å²) in [4.78, 5) is 15.6. The molecule has 0 saturated heterocycles. The Hall–Kier alpha value is -1.58. The molecule has 0 atom stereocenters. The standard InChI is InChI=1S/C12H18N2O2/c1-9(2)6-7-13-12(15)10-4-5-11(16-3)14-8-10/h4-5,8-9H,6-7H2,1-3H3,(H,13,15). The van der Waals surface area contributed by atoms with Crippen molar-refractivity contribution in [1.82, 2.24) is 10.3 Å². The summed E-state index contributed by atoms with van der Waals surface area (Å²) in [5, 5.41) is 2.85. The van der Waals surface area contributed by atoms with E-state index in [9.17, 15) is 4.79 Å². The quantitative estimate of drug-likeness (QED) is 0.827. The number of methoxy groups -OCH3 is 1. The van der Waals surface area contributed by atoms with Crippen molar-refractivity contribution < 1.29 is 9.53 Å². The van der Waals surface area contributed by atoms with Crippen LogP contribution in [0.15, 0.2) is 18.3 Å². The molecule has 0 radical (unpaired) electrons. The Balaban J connectivity index is 2.46. The number of ether oxygens (including phenoxy) is 1. The summed E-state index contributed by atoms with van der Waals surface area (Å²) in [6, 6.07) is 3.38. The van der Waals surface area contributed by atoms with Crippen LogP contribution in [0.2, 0.25) is 0 Å². The number of pyridine rings is 1. The van der Waals surface area contributed by atoms with Gasteiger partial charge in [0.25, 0.3) is 5.91 Å². The lowest BCUT2D eigenvalue weighted by molar-refractivity contribution is 0.0951. The van der Waals surface area contributed by atoms with Gasteiger partial charge in [0.1, 0.15) is 0 Å². The summed E-state index contributed by atoms with van der Waals surface area (Å²) < 4.78 is 4.92. The monoisotopic (exact) mass is 222 g/mol. The van der Waals surface area contributed by atoms with Crippen LogP contribution in [0.3, 0.4) is 0 Å². The summed E-state index contributed by atoms with van der Waals surface area (Å²) >= 11 is 0. The zero-order valence-electron chi connectivity index (χ0n) is 9.99. The summed E-state index contributed by atoms with van der Waals surface area (Å²) in [6.45, 7) is 4.95. The Kier molecular flexibility index (Phi) is 4.76. The molecule has 0 spiro atoms. The van der Waals surface area contributed by atoms with Crippen LogP contribution in [-0.2, 0) is 0 Å². The highest BCUT2D eigenvalue weighted by Crippen LogP contribution is 2.06. The van der Waals surface area contributed by atoms with Crippen molar-refractivity contribution in [3.8, 4) is 5.88 Å². The van der Waals surface area contributed by atoms with E-state index < -0.39 is 0 Å². The third kappa shape index (κ3) is 3.88. The molecule has 0 saturated carbocycles. The highest BCUT2D eigenvalue weighted by Gasteiger charge is 2.05. The van der Waals surface area contributed by atoms with Crippen LogP contribution >= 0.6 is 0 Å². The van der Waals surface area contributed by atoms with E-state index in [-0.39, 0.29) is 5.91 Å². The predicted molar refractivity (Wildman–Crippen MR) is 62.6 cm³/mol. The van der Waals surface area contributed by atoms with Gasteiger partial charge in [-0.2, -0.15) is 0 Å². The largest absolute Gasteiger partial charge is 0.481 e. The number of nitrogens with one attached hydrogen (secondary N) is 1. The van der Waals surface area contributed by atoms with Crippen molar-refractivity contribution in [3.05, 3.63) is 23.9 Å². The number of nitrogens with zero attached hydrogens (tertiary/aromatic N) is 1. The Bertz CT molecular complexity index is 333. The van der Waals surface area contributed by atoms with Gasteiger partial charge in [-0.1, -0.05) is 13.8 Å². The highest BCUT2D eigenvalue weighted by molar-refractivity contribution is 5.93. The molecular formula is C12H18N2O2. The normalized spacial score (nSPS) is 10.2. The third-order valence-corrected chi connectivity index (χ3v) is 2.21. The summed E-state index contributed by atoms with van der Waals surface area (Å²) in [5.74, 6) is 1.02. The molecule has 16 heavy (non-hydrogen) atoms. The average Bonchev–Trinajstić information content (AvgIpc) is 2.28. The second-order valence-corrected chi connectivity index (χ2v) is 4.03. The molecule has 0 aromatic carbocycles. The topological polar surface area (TPSA) is 51.2 Å². The van der Waals surface area contributed by atoms with Crippen LogP contribution in [0.4, 0.5) is 0 Å². The van der Waals surface area contributed by atoms with E-state index in [4.69, 9.17) is 4.74 Å². The van der Waals surface area contributed by atoms with E-state index in [0.717, 1.165) is 6.42 Å². The zero-order valence-corrected chi connectivity index (χ0v) is 9.99. The van der Waals surface area contributed by atoms with Crippen LogP contribution in [0.25, 0.3) is 0 Å². The molecule has 1 amide bonds. The van der Waals surface area contributed by atoms with Crippen LogP contribution in [0.5, 0.6) is 5.88 Å². The molecule has 0 unspecified atom stereocenters. The number of aromatic nitrogens is 1. The molecule has 4 nitrogen and oxygen atoms in total. The van der Waals surface area contributed by atoms with Crippen LogP contribution in [-0.4, -0.2) is 24.5 Å². The average molecular weight is 222 g/mol. The van der Waals surface area contributed by atoms with E-state index in [1.54, 1.807) is 19.2 Å². The van der Waals surface area contributed by atoms with Crippen molar-refractivity contribution in [2.45, 2.75) is 20.3 Å². The molecule has 0 aliphatic carbocycles. The van der Waals surface area contributed by atoms with Gasteiger partial charge in [-0.3, -0.25) is 4.79 Å². The number of hydrogen-bond acceptors (Lipinski definition) is 3. The van der Waals surface area contributed by atoms with Gasteiger partial charge in [0, 0.05) is 18.8 Å². The predicted octanol–water partition coefficient (Wildman–Crippen LogP) is 1.87. The lowest BCUT2D eigenvalue weighted by Gasteiger charge is -2.07. The van der Waals surface area contributed by atoms with Gasteiger partial charge in [-0.25, -0.2) is 4.98 Å². The number of amides is 1. The van der Waals surface area contributed by atoms with E-state index in [2.05, 4.69) is 24.1 Å². The lowest BCUT2D eigenvalue weighted by atomic mass is 10.1. The first-order valence-corrected chi connectivity index (χ1v) is 5.41. The van der Waals surface area contributed by atoms with Gasteiger partial charge in [0.2, 0.25) is 5.88 Å². The maximum absolute atomic E-state index is 11.6. The fourth-order valence-electron chi connectivity index (χ4n) is 1.21. The van der Waals surface area contributed by atoms with Crippen molar-refractivity contribution in [2.24, 2.45) is 5.92 Å². The minimum absolute atomic E-state index is 0.0872. The van der Waals surface area contributed by atoms with Crippen molar-refractivity contribution >= 4 is 5.91 Å². The first-order chi connectivity index (χ1) is 7.63. The summed E-state index contributed by atoms with van der Waals surface area (Å²) in [7, 11) is 1.55. The Labute approximate surface area is 96.0 Å². The van der Waals surface area contributed by atoms with E-state index >= 15 is 0 Å². The molecule has 1 heterocycles. The minimum atomic E-state index is -0.0872. The molecule has 0 bridgehead atoms. The van der Waals surface area contributed by atoms with Crippen LogP contribution in [0.1, 0.15) is 30.6 Å². The van der Waals surface area contributed by atoms with Crippen molar-refractivity contribution in [1.29, 1.82) is 0 Å². The van der Waals surface area contributed by atoms with E-state index in [1.807, 2.05) is 0 Å². The van der Waals surface area contributed by atoms with E-state index in [0.29, 0.717) is 23.9 Å². The molecule has 0 aliphatic heterocycles. The molecular weight excluding hydrogens is 204 g/mol. The first-order valence-electron chi connectivity index (χ1n) is 5.41. The molecule has 1 rings (SSSR count). The number of carbonyl (C=O) groups excluding carboxylic acids is 1. The summed E-state index contributed by atoms with van der Waals surface area (Å²) in [5.41, 5.74) is 0.560. The smallest absolute Gasteiger partial charge is 0.252 e. The van der Waals surface area contributed by atoms with Gasteiger partial charge >= 0.3 is 0 Å². The third-order valence-electron chi connectivity index (χ3n) is 2.21. The Morgan fingerprint density at radius 2 is 2.25 bits per heavy atom. The van der Waals surface area contributed by atoms with Crippen LogP contribution < -0.4 is 10.1 Å². The molecule has 4 heteroatoms. The molecule has 0 aliphatic rings. The molecule has 1 N–H and O–H groups in total. The first kappa shape index (κ1) is 12.5.